The lowest BCUT2D eigenvalue weighted by Gasteiger charge is -2.22. The van der Waals surface area contributed by atoms with Gasteiger partial charge in [-0.1, -0.05) is 15.9 Å². The summed E-state index contributed by atoms with van der Waals surface area (Å²) in [5, 5.41) is 0.996. The lowest BCUT2D eigenvalue weighted by Crippen LogP contribution is -2.30. The molecule has 1 saturated heterocycles. The maximum atomic E-state index is 12.9. The minimum Gasteiger partial charge on any atom is -0.295 e. The van der Waals surface area contributed by atoms with Gasteiger partial charge in [0.25, 0.3) is 0 Å². The number of alkyl halides is 1. The Morgan fingerprint density at radius 3 is 3.13 bits per heavy atom. The van der Waals surface area contributed by atoms with Gasteiger partial charge in [-0.05, 0) is 31.0 Å². The lowest BCUT2D eigenvalue weighted by molar-refractivity contribution is 0.264. The molecule has 1 atom stereocenters. The largest absolute Gasteiger partial charge is 0.295 e. The summed E-state index contributed by atoms with van der Waals surface area (Å²) in [6.45, 7) is 1.91. The molecule has 1 unspecified atom stereocenters. The summed E-state index contributed by atoms with van der Waals surface area (Å²) < 4.78 is 12.9. The van der Waals surface area contributed by atoms with Gasteiger partial charge >= 0.3 is 0 Å². The molecule has 2 heterocycles. The second-order valence-electron chi connectivity index (χ2n) is 3.93. The number of aromatic nitrogens is 1. The van der Waals surface area contributed by atoms with Crippen LogP contribution in [0.4, 0.5) is 4.39 Å². The predicted octanol–water partition coefficient (Wildman–Crippen LogP) is 2.58. The van der Waals surface area contributed by atoms with Crippen LogP contribution in [0.25, 0.3) is 0 Å². The van der Waals surface area contributed by atoms with Crippen molar-refractivity contribution >= 4 is 15.9 Å². The molecule has 0 aliphatic carbocycles. The zero-order valence-electron chi connectivity index (χ0n) is 8.50. The summed E-state index contributed by atoms with van der Waals surface area (Å²) >= 11 is 3.51. The number of likely N-dealkylation sites (tertiary alicyclic amines) is 1. The highest BCUT2D eigenvalue weighted by molar-refractivity contribution is 9.09. The molecule has 0 N–H and O–H groups in total. The Morgan fingerprint density at radius 1 is 1.53 bits per heavy atom. The van der Waals surface area contributed by atoms with Crippen LogP contribution in [0.2, 0.25) is 0 Å². The van der Waals surface area contributed by atoms with E-state index in [4.69, 9.17) is 0 Å². The first-order valence-electron chi connectivity index (χ1n) is 5.19. The monoisotopic (exact) mass is 272 g/mol. The van der Waals surface area contributed by atoms with Crippen LogP contribution in [-0.2, 0) is 6.54 Å². The normalized spacial score (nSPS) is 22.1. The highest BCUT2D eigenvalue weighted by Crippen LogP contribution is 2.21. The molecular weight excluding hydrogens is 259 g/mol. The Morgan fingerprint density at radius 2 is 2.40 bits per heavy atom. The van der Waals surface area contributed by atoms with Gasteiger partial charge in [0, 0.05) is 24.1 Å². The molecule has 2 nitrogen and oxygen atoms in total. The van der Waals surface area contributed by atoms with Gasteiger partial charge < -0.3 is 0 Å². The standard InChI is InChI=1S/C11H14BrFN2/c12-5-11-2-1-3-15(11)8-9-4-10(13)7-14-6-9/h4,6-7,11H,1-3,5,8H2. The van der Waals surface area contributed by atoms with Crippen LogP contribution in [0.1, 0.15) is 18.4 Å². The highest BCUT2D eigenvalue weighted by Gasteiger charge is 2.23. The SMILES string of the molecule is Fc1cncc(CN2CCCC2CBr)c1. The number of nitrogens with zero attached hydrogens (tertiary/aromatic N) is 2. The van der Waals surface area contributed by atoms with Crippen molar-refractivity contribution in [3.05, 3.63) is 29.8 Å². The lowest BCUT2D eigenvalue weighted by atomic mass is 10.2. The quantitative estimate of drug-likeness (QED) is 0.787. The molecule has 0 spiro atoms. The molecule has 1 aliphatic rings. The zero-order valence-corrected chi connectivity index (χ0v) is 10.1. The van der Waals surface area contributed by atoms with Crippen molar-refractivity contribution in [2.45, 2.75) is 25.4 Å². The Bertz CT molecular complexity index is 332. The molecule has 0 saturated carbocycles. The van der Waals surface area contributed by atoms with Crippen LogP contribution in [0.15, 0.2) is 18.5 Å². The second kappa shape index (κ2) is 5.03. The molecular formula is C11H14BrFN2. The van der Waals surface area contributed by atoms with E-state index in [9.17, 15) is 4.39 Å². The number of hydrogen-bond donors (Lipinski definition) is 0. The van der Waals surface area contributed by atoms with E-state index in [1.54, 1.807) is 12.3 Å². The minimum absolute atomic E-state index is 0.248. The molecule has 1 aromatic heterocycles. The van der Waals surface area contributed by atoms with Crippen LogP contribution in [0, 0.1) is 5.82 Å². The maximum Gasteiger partial charge on any atom is 0.141 e. The molecule has 0 aromatic carbocycles. The average molecular weight is 273 g/mol. The summed E-state index contributed by atoms with van der Waals surface area (Å²) in [4.78, 5) is 6.24. The van der Waals surface area contributed by atoms with Crippen molar-refractivity contribution in [1.82, 2.24) is 9.88 Å². The summed E-state index contributed by atoms with van der Waals surface area (Å²) in [6, 6.07) is 2.16. The molecule has 0 amide bonds. The number of hydrogen-bond acceptors (Lipinski definition) is 2. The zero-order chi connectivity index (χ0) is 10.7. The minimum atomic E-state index is -0.248. The van der Waals surface area contributed by atoms with E-state index in [2.05, 4.69) is 25.8 Å². The molecule has 15 heavy (non-hydrogen) atoms. The fourth-order valence-corrected chi connectivity index (χ4v) is 2.79. The Kier molecular flexibility index (Phi) is 3.70. The summed E-state index contributed by atoms with van der Waals surface area (Å²) in [5.74, 6) is -0.248. The summed E-state index contributed by atoms with van der Waals surface area (Å²) in [5.41, 5.74) is 0.961. The Labute approximate surface area is 97.6 Å². The molecule has 4 heteroatoms. The third-order valence-electron chi connectivity index (χ3n) is 2.82. The molecule has 1 fully saturated rings. The average Bonchev–Trinajstić information content (AvgIpc) is 2.65. The van der Waals surface area contributed by atoms with Crippen LogP contribution < -0.4 is 0 Å². The van der Waals surface area contributed by atoms with Gasteiger partial charge in [0.1, 0.15) is 5.82 Å². The van der Waals surface area contributed by atoms with E-state index in [0.717, 1.165) is 24.0 Å². The van der Waals surface area contributed by atoms with Gasteiger partial charge in [0.05, 0.1) is 6.20 Å². The highest BCUT2D eigenvalue weighted by atomic mass is 79.9. The molecule has 2 rings (SSSR count). The van der Waals surface area contributed by atoms with Gasteiger partial charge in [-0.2, -0.15) is 0 Å². The summed E-state index contributed by atoms with van der Waals surface area (Å²) in [6.07, 6.45) is 5.45. The van der Waals surface area contributed by atoms with Crippen molar-refractivity contribution in [2.75, 3.05) is 11.9 Å². The molecule has 1 aliphatic heterocycles. The van der Waals surface area contributed by atoms with E-state index >= 15 is 0 Å². The van der Waals surface area contributed by atoms with Gasteiger partial charge in [0.15, 0.2) is 0 Å². The van der Waals surface area contributed by atoms with Crippen LogP contribution in [0.3, 0.4) is 0 Å². The van der Waals surface area contributed by atoms with E-state index in [0.29, 0.717) is 6.04 Å². The Hall–Kier alpha value is -0.480. The molecule has 82 valence electrons. The second-order valence-corrected chi connectivity index (χ2v) is 4.58. The van der Waals surface area contributed by atoms with Gasteiger partial charge in [-0.3, -0.25) is 9.88 Å². The predicted molar refractivity (Wildman–Crippen MR) is 61.4 cm³/mol. The van der Waals surface area contributed by atoms with Crippen molar-refractivity contribution in [3.63, 3.8) is 0 Å². The van der Waals surface area contributed by atoms with Crippen LogP contribution in [-0.4, -0.2) is 27.8 Å². The molecule has 0 radical (unpaired) electrons. The third-order valence-corrected chi connectivity index (χ3v) is 3.57. The van der Waals surface area contributed by atoms with E-state index in [-0.39, 0.29) is 5.82 Å². The smallest absolute Gasteiger partial charge is 0.141 e. The maximum absolute atomic E-state index is 12.9. The van der Waals surface area contributed by atoms with Gasteiger partial charge in [-0.25, -0.2) is 4.39 Å². The van der Waals surface area contributed by atoms with Crippen molar-refractivity contribution < 1.29 is 4.39 Å². The Balaban J connectivity index is 2.02. The number of pyridine rings is 1. The van der Waals surface area contributed by atoms with Crippen molar-refractivity contribution in [3.8, 4) is 0 Å². The third kappa shape index (κ3) is 2.75. The fraction of sp³-hybridized carbons (Fsp3) is 0.545. The van der Waals surface area contributed by atoms with E-state index < -0.39 is 0 Å². The van der Waals surface area contributed by atoms with E-state index in [1.807, 2.05) is 0 Å². The number of rotatable bonds is 3. The van der Waals surface area contributed by atoms with E-state index in [1.165, 1.54) is 19.0 Å². The van der Waals surface area contributed by atoms with Crippen molar-refractivity contribution in [2.24, 2.45) is 0 Å². The van der Waals surface area contributed by atoms with Crippen LogP contribution >= 0.6 is 15.9 Å². The van der Waals surface area contributed by atoms with Gasteiger partial charge in [-0.15, -0.1) is 0 Å². The van der Waals surface area contributed by atoms with Crippen LogP contribution in [0.5, 0.6) is 0 Å². The first kappa shape index (κ1) is 11.0. The molecule has 0 bridgehead atoms. The first-order chi connectivity index (χ1) is 7.29. The molecule has 1 aromatic rings. The van der Waals surface area contributed by atoms with Crippen molar-refractivity contribution in [1.29, 1.82) is 0 Å². The first-order valence-corrected chi connectivity index (χ1v) is 6.31. The fourth-order valence-electron chi connectivity index (χ4n) is 2.05. The topological polar surface area (TPSA) is 16.1 Å². The van der Waals surface area contributed by atoms with Gasteiger partial charge in [0.2, 0.25) is 0 Å². The summed E-state index contributed by atoms with van der Waals surface area (Å²) in [7, 11) is 0. The number of halogens is 2.